The summed E-state index contributed by atoms with van der Waals surface area (Å²) in [6.45, 7) is 2.58. The predicted octanol–water partition coefficient (Wildman–Crippen LogP) is 0.0102. The molecule has 0 unspecified atom stereocenters. The van der Waals surface area contributed by atoms with Gasteiger partial charge in [0.1, 0.15) is 18.1 Å². The molecule has 1 aliphatic rings. The van der Waals surface area contributed by atoms with Crippen LogP contribution in [0.1, 0.15) is 13.8 Å². The third kappa shape index (κ3) is 3.56. The van der Waals surface area contributed by atoms with Crippen molar-refractivity contribution in [1.29, 1.82) is 0 Å². The minimum Gasteiger partial charge on any atom is -0.461 e. The van der Waals surface area contributed by atoms with Crippen LogP contribution in [0.2, 0.25) is 0 Å². The summed E-state index contributed by atoms with van der Waals surface area (Å²) in [5, 5.41) is 2.32. The molecule has 0 spiro atoms. The highest BCUT2D eigenvalue weighted by atomic mass is 16.5. The van der Waals surface area contributed by atoms with Gasteiger partial charge in [0.25, 0.3) is 0 Å². The van der Waals surface area contributed by atoms with Gasteiger partial charge in [-0.1, -0.05) is 0 Å². The molecule has 0 radical (unpaired) electrons. The van der Waals surface area contributed by atoms with Gasteiger partial charge in [0, 0.05) is 19.9 Å². The monoisotopic (exact) mass is 225 g/mol. The number of ether oxygens (including phenoxy) is 2. The van der Waals surface area contributed by atoms with E-state index in [9.17, 15) is 14.4 Å². The highest BCUT2D eigenvalue weighted by molar-refractivity contribution is 5.96. The zero-order valence-electron chi connectivity index (χ0n) is 8.90. The Morgan fingerprint density at radius 1 is 1.50 bits per heavy atom. The van der Waals surface area contributed by atoms with Gasteiger partial charge in [-0.2, -0.15) is 0 Å². The molecule has 0 atom stereocenters. The Balaban J connectivity index is 2.59. The zero-order chi connectivity index (χ0) is 12.1. The van der Waals surface area contributed by atoms with Crippen LogP contribution in [-0.2, 0) is 23.9 Å². The largest absolute Gasteiger partial charge is 0.461 e. The van der Waals surface area contributed by atoms with Crippen molar-refractivity contribution in [3.63, 3.8) is 0 Å². The number of rotatable bonds is 3. The Hall–Kier alpha value is -2.11. The van der Waals surface area contributed by atoms with E-state index in [-0.39, 0.29) is 24.0 Å². The Morgan fingerprint density at radius 3 is 2.75 bits per heavy atom. The van der Waals surface area contributed by atoms with Crippen LogP contribution < -0.4 is 5.32 Å². The van der Waals surface area contributed by atoms with Crippen molar-refractivity contribution in [2.24, 2.45) is 0 Å². The number of hydrogen-bond acceptors (Lipinski definition) is 5. The van der Waals surface area contributed by atoms with Crippen LogP contribution in [0.5, 0.6) is 0 Å². The first-order valence-corrected chi connectivity index (χ1v) is 4.54. The first-order chi connectivity index (χ1) is 7.49. The first kappa shape index (κ1) is 12.0. The Kier molecular flexibility index (Phi) is 3.82. The van der Waals surface area contributed by atoms with E-state index in [1.54, 1.807) is 0 Å². The van der Waals surface area contributed by atoms with Crippen LogP contribution in [0.25, 0.3) is 0 Å². The Bertz CT molecular complexity index is 394. The van der Waals surface area contributed by atoms with E-state index < -0.39 is 11.9 Å². The summed E-state index contributed by atoms with van der Waals surface area (Å²) in [6, 6.07) is 0. The lowest BCUT2D eigenvalue weighted by Crippen LogP contribution is -2.22. The number of esters is 2. The molecule has 1 aliphatic heterocycles. The van der Waals surface area contributed by atoms with Crippen molar-refractivity contribution in [2.75, 3.05) is 6.61 Å². The second-order valence-corrected chi connectivity index (χ2v) is 3.04. The van der Waals surface area contributed by atoms with E-state index in [1.807, 2.05) is 0 Å². The van der Waals surface area contributed by atoms with Crippen molar-refractivity contribution in [2.45, 2.75) is 13.8 Å². The third-order valence-corrected chi connectivity index (χ3v) is 1.60. The minimum atomic E-state index is -0.635. The maximum Gasteiger partial charge on any atom is 0.360 e. The fraction of sp³-hybridized carbons (Fsp3) is 0.300. The first-order valence-electron chi connectivity index (χ1n) is 4.54. The molecule has 0 saturated heterocycles. The van der Waals surface area contributed by atoms with Crippen LogP contribution in [0, 0.1) is 0 Å². The lowest BCUT2D eigenvalue weighted by molar-refractivity contribution is -0.139. The van der Waals surface area contributed by atoms with Crippen LogP contribution in [-0.4, -0.2) is 24.5 Å². The van der Waals surface area contributed by atoms with Gasteiger partial charge in [-0.3, -0.25) is 9.59 Å². The molecule has 0 aromatic heterocycles. The summed E-state index contributed by atoms with van der Waals surface area (Å²) in [4.78, 5) is 32.3. The van der Waals surface area contributed by atoms with E-state index in [4.69, 9.17) is 4.74 Å². The number of carbonyl (C=O) groups is 3. The molecular weight excluding hydrogens is 214 g/mol. The van der Waals surface area contributed by atoms with E-state index in [0.717, 1.165) is 0 Å². The SMILES string of the molecule is CC(=O)NC1=CC(=CCOC(C)=O)OC1=O. The maximum atomic E-state index is 11.2. The fourth-order valence-electron chi connectivity index (χ4n) is 1.01. The van der Waals surface area contributed by atoms with Crippen molar-refractivity contribution < 1.29 is 23.9 Å². The predicted molar refractivity (Wildman–Crippen MR) is 52.7 cm³/mol. The van der Waals surface area contributed by atoms with Gasteiger partial charge < -0.3 is 14.8 Å². The van der Waals surface area contributed by atoms with Crippen LogP contribution in [0.4, 0.5) is 0 Å². The molecule has 6 nitrogen and oxygen atoms in total. The molecule has 16 heavy (non-hydrogen) atoms. The van der Waals surface area contributed by atoms with Crippen molar-refractivity contribution in [3.05, 3.63) is 23.6 Å². The van der Waals surface area contributed by atoms with Gasteiger partial charge in [-0.05, 0) is 6.08 Å². The Morgan fingerprint density at radius 2 is 2.19 bits per heavy atom. The number of hydrogen-bond donors (Lipinski definition) is 1. The van der Waals surface area contributed by atoms with Gasteiger partial charge >= 0.3 is 11.9 Å². The van der Waals surface area contributed by atoms with Gasteiger partial charge in [-0.25, -0.2) is 4.79 Å². The van der Waals surface area contributed by atoms with Gasteiger partial charge in [0.15, 0.2) is 0 Å². The molecule has 0 fully saturated rings. The summed E-state index contributed by atoms with van der Waals surface area (Å²) < 4.78 is 9.41. The molecule has 86 valence electrons. The van der Waals surface area contributed by atoms with Gasteiger partial charge in [-0.15, -0.1) is 0 Å². The summed E-state index contributed by atoms with van der Waals surface area (Å²) in [7, 11) is 0. The quantitative estimate of drug-likeness (QED) is 0.684. The van der Waals surface area contributed by atoms with Crippen LogP contribution >= 0.6 is 0 Å². The summed E-state index contributed by atoms with van der Waals surface area (Å²) in [5.74, 6) is -1.17. The normalized spacial score (nSPS) is 16.8. The number of nitrogens with one attached hydrogen (secondary N) is 1. The molecule has 0 aliphatic carbocycles. The highest BCUT2D eigenvalue weighted by Gasteiger charge is 2.21. The zero-order valence-corrected chi connectivity index (χ0v) is 8.90. The number of carbonyl (C=O) groups excluding carboxylic acids is 3. The summed E-state index contributed by atoms with van der Waals surface area (Å²) >= 11 is 0. The maximum absolute atomic E-state index is 11.2. The number of amides is 1. The Labute approximate surface area is 91.9 Å². The molecular formula is C10H11NO5. The van der Waals surface area contributed by atoms with Gasteiger partial charge in [0.2, 0.25) is 5.91 Å². The highest BCUT2D eigenvalue weighted by Crippen LogP contribution is 2.14. The average molecular weight is 225 g/mol. The summed E-state index contributed by atoms with van der Waals surface area (Å²) in [5.41, 5.74) is 0.0709. The van der Waals surface area contributed by atoms with E-state index >= 15 is 0 Å². The standard InChI is InChI=1S/C10H11NO5/c1-6(12)11-9-5-8(16-10(9)14)3-4-15-7(2)13/h3,5H,4H2,1-2H3,(H,11,12). The van der Waals surface area contributed by atoms with Gasteiger partial charge in [0.05, 0.1) is 0 Å². The van der Waals surface area contributed by atoms with Crippen molar-refractivity contribution >= 4 is 17.8 Å². The lowest BCUT2D eigenvalue weighted by Gasteiger charge is -1.98. The topological polar surface area (TPSA) is 81.7 Å². The summed E-state index contributed by atoms with van der Waals surface area (Å²) in [6.07, 6.45) is 2.79. The molecule has 0 saturated carbocycles. The molecule has 0 aromatic carbocycles. The van der Waals surface area contributed by atoms with E-state index in [1.165, 1.54) is 26.0 Å². The number of allylic oxidation sites excluding steroid dienone is 1. The van der Waals surface area contributed by atoms with Crippen LogP contribution in [0.3, 0.4) is 0 Å². The fourth-order valence-corrected chi connectivity index (χ4v) is 1.01. The molecule has 0 aromatic rings. The third-order valence-electron chi connectivity index (χ3n) is 1.60. The molecule has 1 rings (SSSR count). The van der Waals surface area contributed by atoms with Crippen molar-refractivity contribution in [1.82, 2.24) is 5.32 Å². The molecule has 6 heteroatoms. The molecule has 1 amide bonds. The molecule has 1 N–H and O–H groups in total. The van der Waals surface area contributed by atoms with Crippen LogP contribution in [0.15, 0.2) is 23.6 Å². The molecule has 0 bridgehead atoms. The average Bonchev–Trinajstić information content (AvgIpc) is 2.45. The molecule has 1 heterocycles. The lowest BCUT2D eigenvalue weighted by atomic mass is 10.4. The van der Waals surface area contributed by atoms with E-state index in [0.29, 0.717) is 0 Å². The second-order valence-electron chi connectivity index (χ2n) is 3.04. The van der Waals surface area contributed by atoms with E-state index in [2.05, 4.69) is 10.1 Å². The van der Waals surface area contributed by atoms with Crippen molar-refractivity contribution in [3.8, 4) is 0 Å². The number of cyclic esters (lactones) is 1. The minimum absolute atomic E-state index is 0.0157. The second kappa shape index (κ2) is 5.11. The smallest absolute Gasteiger partial charge is 0.360 e.